The van der Waals surface area contributed by atoms with Crippen LogP contribution in [-0.4, -0.2) is 43.0 Å². The fourth-order valence-electron chi connectivity index (χ4n) is 2.81. The molecule has 1 aliphatic carbocycles. The summed E-state index contributed by atoms with van der Waals surface area (Å²) in [6.45, 7) is 5.41. The summed E-state index contributed by atoms with van der Waals surface area (Å²) in [5.74, 6) is -0.0573. The van der Waals surface area contributed by atoms with Gasteiger partial charge in [-0.05, 0) is 36.6 Å². The molecule has 0 atom stereocenters. The van der Waals surface area contributed by atoms with Crippen LogP contribution in [0.25, 0.3) is 0 Å². The van der Waals surface area contributed by atoms with E-state index in [4.69, 9.17) is 0 Å². The lowest BCUT2D eigenvalue weighted by Crippen LogP contribution is -2.48. The summed E-state index contributed by atoms with van der Waals surface area (Å²) in [5.41, 5.74) is 2.10. The summed E-state index contributed by atoms with van der Waals surface area (Å²) in [7, 11) is 0. The molecule has 1 N–H and O–H groups in total. The molecule has 114 valence electrons. The first kappa shape index (κ1) is 14.3. The quantitative estimate of drug-likeness (QED) is 0.918. The smallest absolute Gasteiger partial charge is 0.219 e. The van der Waals surface area contributed by atoms with Crippen LogP contribution in [0.15, 0.2) is 18.2 Å². The second kappa shape index (κ2) is 6.02. The molecule has 2 fully saturated rings. The van der Waals surface area contributed by atoms with Crippen molar-refractivity contribution in [3.05, 3.63) is 29.6 Å². The average molecular weight is 291 g/mol. The lowest BCUT2D eigenvalue weighted by atomic mass is 10.1. The second-order valence-corrected chi connectivity index (χ2v) is 5.92. The van der Waals surface area contributed by atoms with Crippen molar-refractivity contribution in [2.45, 2.75) is 32.4 Å². The van der Waals surface area contributed by atoms with Crippen LogP contribution in [-0.2, 0) is 11.3 Å². The van der Waals surface area contributed by atoms with Crippen LogP contribution in [0.2, 0.25) is 0 Å². The van der Waals surface area contributed by atoms with Gasteiger partial charge in [0.25, 0.3) is 0 Å². The van der Waals surface area contributed by atoms with E-state index in [2.05, 4.69) is 10.2 Å². The van der Waals surface area contributed by atoms with Gasteiger partial charge in [-0.1, -0.05) is 0 Å². The number of amides is 1. The van der Waals surface area contributed by atoms with Gasteiger partial charge in [0.2, 0.25) is 5.91 Å². The van der Waals surface area contributed by atoms with Crippen molar-refractivity contribution in [1.82, 2.24) is 10.2 Å². The third kappa shape index (κ3) is 3.53. The highest BCUT2D eigenvalue weighted by molar-refractivity contribution is 5.73. The Morgan fingerprint density at radius 3 is 2.62 bits per heavy atom. The minimum atomic E-state index is -0.186. The minimum Gasteiger partial charge on any atom is -0.368 e. The topological polar surface area (TPSA) is 35.6 Å². The van der Waals surface area contributed by atoms with Crippen LogP contribution in [0, 0.1) is 5.82 Å². The first-order chi connectivity index (χ1) is 10.1. The molecule has 1 saturated heterocycles. The Hall–Kier alpha value is -1.62. The first-order valence-electron chi connectivity index (χ1n) is 7.66. The molecule has 1 saturated carbocycles. The van der Waals surface area contributed by atoms with Crippen LogP contribution in [0.1, 0.15) is 25.3 Å². The van der Waals surface area contributed by atoms with Crippen molar-refractivity contribution in [1.29, 1.82) is 0 Å². The SMILES string of the molecule is CC(=O)N1CCN(c2ccc(F)cc2CNC2CC2)CC1. The van der Waals surface area contributed by atoms with Crippen molar-refractivity contribution >= 4 is 11.6 Å². The molecule has 1 aromatic rings. The van der Waals surface area contributed by atoms with E-state index < -0.39 is 0 Å². The molecular weight excluding hydrogens is 269 g/mol. The highest BCUT2D eigenvalue weighted by Crippen LogP contribution is 2.25. The van der Waals surface area contributed by atoms with E-state index in [0.717, 1.165) is 37.4 Å². The Kier molecular flexibility index (Phi) is 4.10. The average Bonchev–Trinajstić information content (AvgIpc) is 3.29. The summed E-state index contributed by atoms with van der Waals surface area (Å²) in [5, 5.41) is 3.45. The molecule has 0 bridgehead atoms. The van der Waals surface area contributed by atoms with Gasteiger partial charge in [-0.2, -0.15) is 0 Å². The largest absolute Gasteiger partial charge is 0.368 e. The van der Waals surface area contributed by atoms with Crippen molar-refractivity contribution in [3.8, 4) is 0 Å². The van der Waals surface area contributed by atoms with Gasteiger partial charge >= 0.3 is 0 Å². The van der Waals surface area contributed by atoms with Crippen molar-refractivity contribution in [2.24, 2.45) is 0 Å². The third-order valence-corrected chi connectivity index (χ3v) is 4.27. The molecule has 0 unspecified atom stereocenters. The van der Waals surface area contributed by atoms with Gasteiger partial charge in [-0.3, -0.25) is 4.79 Å². The van der Waals surface area contributed by atoms with Crippen LogP contribution in [0.5, 0.6) is 0 Å². The third-order valence-electron chi connectivity index (χ3n) is 4.27. The van der Waals surface area contributed by atoms with Gasteiger partial charge in [0, 0.05) is 51.4 Å². The number of nitrogens with zero attached hydrogens (tertiary/aromatic N) is 2. The zero-order chi connectivity index (χ0) is 14.8. The van der Waals surface area contributed by atoms with E-state index >= 15 is 0 Å². The van der Waals surface area contributed by atoms with E-state index in [1.54, 1.807) is 13.0 Å². The molecular formula is C16H22FN3O. The lowest BCUT2D eigenvalue weighted by Gasteiger charge is -2.36. The number of piperazine rings is 1. The number of carbonyl (C=O) groups excluding carboxylic acids is 1. The number of benzene rings is 1. The monoisotopic (exact) mass is 291 g/mol. The maximum atomic E-state index is 13.5. The lowest BCUT2D eigenvalue weighted by molar-refractivity contribution is -0.129. The van der Waals surface area contributed by atoms with Crippen molar-refractivity contribution in [3.63, 3.8) is 0 Å². The molecule has 1 heterocycles. The van der Waals surface area contributed by atoms with Crippen LogP contribution >= 0.6 is 0 Å². The van der Waals surface area contributed by atoms with Crippen LogP contribution < -0.4 is 10.2 Å². The predicted molar refractivity (Wildman–Crippen MR) is 80.7 cm³/mol. The summed E-state index contributed by atoms with van der Waals surface area (Å²) in [4.78, 5) is 15.5. The predicted octanol–water partition coefficient (Wildman–Crippen LogP) is 1.75. The molecule has 4 nitrogen and oxygen atoms in total. The van der Waals surface area contributed by atoms with E-state index in [0.29, 0.717) is 12.6 Å². The number of hydrogen-bond donors (Lipinski definition) is 1. The Labute approximate surface area is 124 Å². The zero-order valence-electron chi connectivity index (χ0n) is 12.4. The Balaban J connectivity index is 1.70. The van der Waals surface area contributed by atoms with Crippen molar-refractivity contribution < 1.29 is 9.18 Å². The maximum Gasteiger partial charge on any atom is 0.219 e. The maximum absolute atomic E-state index is 13.5. The Bertz CT molecular complexity index is 522. The van der Waals surface area contributed by atoms with Crippen molar-refractivity contribution in [2.75, 3.05) is 31.1 Å². The van der Waals surface area contributed by atoms with Crippen LogP contribution in [0.3, 0.4) is 0 Å². The second-order valence-electron chi connectivity index (χ2n) is 5.92. The van der Waals surface area contributed by atoms with Crippen LogP contribution in [0.4, 0.5) is 10.1 Å². The van der Waals surface area contributed by atoms with E-state index in [-0.39, 0.29) is 11.7 Å². The highest BCUT2D eigenvalue weighted by atomic mass is 19.1. The molecule has 0 aromatic heterocycles. The van der Waals surface area contributed by atoms with Gasteiger partial charge in [-0.15, -0.1) is 0 Å². The summed E-state index contributed by atoms with van der Waals surface area (Å²) >= 11 is 0. The minimum absolute atomic E-state index is 0.129. The Morgan fingerprint density at radius 1 is 1.29 bits per heavy atom. The molecule has 1 aliphatic heterocycles. The number of hydrogen-bond acceptors (Lipinski definition) is 3. The molecule has 1 aromatic carbocycles. The number of carbonyl (C=O) groups is 1. The van der Waals surface area contributed by atoms with E-state index in [9.17, 15) is 9.18 Å². The zero-order valence-corrected chi connectivity index (χ0v) is 12.4. The van der Waals surface area contributed by atoms with Gasteiger partial charge in [-0.25, -0.2) is 4.39 Å². The molecule has 21 heavy (non-hydrogen) atoms. The summed E-state index contributed by atoms with van der Waals surface area (Å²) in [6, 6.07) is 5.62. The normalized spacial score (nSPS) is 19.0. The first-order valence-corrected chi connectivity index (χ1v) is 7.66. The fourth-order valence-corrected chi connectivity index (χ4v) is 2.81. The van der Waals surface area contributed by atoms with E-state index in [1.165, 1.54) is 18.9 Å². The van der Waals surface area contributed by atoms with Gasteiger partial charge in [0.1, 0.15) is 5.82 Å². The number of rotatable bonds is 4. The summed E-state index contributed by atoms with van der Waals surface area (Å²) in [6.07, 6.45) is 2.45. The molecule has 2 aliphatic rings. The fraction of sp³-hybridized carbons (Fsp3) is 0.562. The molecule has 1 amide bonds. The van der Waals surface area contributed by atoms with E-state index in [1.807, 2.05) is 11.0 Å². The van der Waals surface area contributed by atoms with Gasteiger partial charge in [0.05, 0.1) is 0 Å². The number of nitrogens with one attached hydrogen (secondary N) is 1. The number of anilines is 1. The van der Waals surface area contributed by atoms with Gasteiger partial charge < -0.3 is 15.1 Å². The molecule has 3 rings (SSSR count). The molecule has 5 heteroatoms. The Morgan fingerprint density at radius 2 is 2.00 bits per heavy atom. The molecule has 0 spiro atoms. The molecule has 0 radical (unpaired) electrons. The van der Waals surface area contributed by atoms with Gasteiger partial charge in [0.15, 0.2) is 0 Å². The summed E-state index contributed by atoms with van der Waals surface area (Å²) < 4.78 is 13.5. The number of halogens is 1. The standard InChI is InChI=1S/C16H22FN3O/c1-12(21)19-6-8-20(9-7-19)16-5-2-14(17)10-13(16)11-18-15-3-4-15/h2,5,10,15,18H,3-4,6-9,11H2,1H3. The highest BCUT2D eigenvalue weighted by Gasteiger charge is 2.23.